The summed E-state index contributed by atoms with van der Waals surface area (Å²) >= 11 is 0. The molecular weight excluding hydrogens is 382 g/mol. The van der Waals surface area contributed by atoms with Crippen molar-refractivity contribution in [1.82, 2.24) is 14.9 Å². The molecule has 1 aromatic heterocycles. The molecule has 2 fully saturated rings. The molecule has 2 aromatic rings. The molecule has 1 N–H and O–H groups in total. The van der Waals surface area contributed by atoms with Gasteiger partial charge in [-0.1, -0.05) is 17.7 Å². The number of anilines is 2. The van der Waals surface area contributed by atoms with E-state index < -0.39 is 0 Å². The fourth-order valence-electron chi connectivity index (χ4n) is 4.04. The Morgan fingerprint density at radius 3 is 2.37 bits per heavy atom. The number of amides is 3. The molecule has 2 aliphatic heterocycles. The second-order valence-electron chi connectivity index (χ2n) is 7.90. The number of piperidine rings is 1. The molecule has 1 aromatic carbocycles. The van der Waals surface area contributed by atoms with Crippen LogP contribution in [0.25, 0.3) is 0 Å². The minimum Gasteiger partial charge on any atom is -0.342 e. The van der Waals surface area contributed by atoms with Gasteiger partial charge in [0.1, 0.15) is 0 Å². The van der Waals surface area contributed by atoms with Gasteiger partial charge in [-0.2, -0.15) is 0 Å². The minimum absolute atomic E-state index is 0.00297. The van der Waals surface area contributed by atoms with E-state index in [0.29, 0.717) is 38.4 Å². The maximum atomic E-state index is 13.0. The molecule has 1 unspecified atom stereocenters. The fourth-order valence-corrected chi connectivity index (χ4v) is 4.04. The van der Waals surface area contributed by atoms with Crippen molar-refractivity contribution in [3.8, 4) is 0 Å². The maximum absolute atomic E-state index is 13.0. The highest BCUT2D eigenvalue weighted by atomic mass is 16.2. The second kappa shape index (κ2) is 8.61. The van der Waals surface area contributed by atoms with Crippen LogP contribution in [0.1, 0.15) is 24.8 Å². The first-order valence-electron chi connectivity index (χ1n) is 10.2. The molecule has 156 valence electrons. The predicted molar refractivity (Wildman–Crippen MR) is 112 cm³/mol. The van der Waals surface area contributed by atoms with Gasteiger partial charge in [-0.15, -0.1) is 0 Å². The van der Waals surface area contributed by atoms with Crippen LogP contribution in [0, 0.1) is 18.8 Å². The van der Waals surface area contributed by atoms with E-state index in [0.717, 1.165) is 11.3 Å². The van der Waals surface area contributed by atoms with Crippen molar-refractivity contribution >= 4 is 29.4 Å². The van der Waals surface area contributed by atoms with Crippen molar-refractivity contribution in [2.75, 3.05) is 29.9 Å². The Bertz CT molecular complexity index is 924. The number of likely N-dealkylation sites (tertiary alicyclic amines) is 1. The average Bonchev–Trinajstić information content (AvgIpc) is 3.16. The zero-order valence-electron chi connectivity index (χ0n) is 17.0. The van der Waals surface area contributed by atoms with Gasteiger partial charge < -0.3 is 9.80 Å². The van der Waals surface area contributed by atoms with E-state index in [4.69, 9.17) is 0 Å². The lowest BCUT2D eigenvalue weighted by molar-refractivity contribution is -0.138. The number of carbonyl (C=O) groups excluding carboxylic acids is 3. The lowest BCUT2D eigenvalue weighted by Gasteiger charge is -2.32. The van der Waals surface area contributed by atoms with E-state index in [-0.39, 0.29) is 36.0 Å². The highest BCUT2D eigenvalue weighted by molar-refractivity contribution is 6.00. The molecule has 30 heavy (non-hydrogen) atoms. The van der Waals surface area contributed by atoms with Gasteiger partial charge in [0, 0.05) is 50.1 Å². The van der Waals surface area contributed by atoms with Crippen molar-refractivity contribution in [1.29, 1.82) is 0 Å². The molecule has 3 heterocycles. The third kappa shape index (κ3) is 4.32. The number of aromatic nitrogens is 2. The van der Waals surface area contributed by atoms with Crippen LogP contribution in [0.15, 0.2) is 42.7 Å². The van der Waals surface area contributed by atoms with Crippen LogP contribution in [0.5, 0.6) is 0 Å². The monoisotopic (exact) mass is 407 g/mol. The number of benzene rings is 1. The van der Waals surface area contributed by atoms with E-state index in [2.05, 4.69) is 15.3 Å². The Balaban J connectivity index is 1.30. The molecule has 4 rings (SSSR count). The SMILES string of the molecule is Cc1ccc(N2CC(C(=O)N3CCC(C(=O)Nc4ncccn4)CC3)CC2=O)cc1. The smallest absolute Gasteiger partial charge is 0.229 e. The minimum atomic E-state index is -0.332. The summed E-state index contributed by atoms with van der Waals surface area (Å²) in [6.07, 6.45) is 4.57. The number of nitrogens with one attached hydrogen (secondary N) is 1. The van der Waals surface area contributed by atoms with Gasteiger partial charge in [0.25, 0.3) is 0 Å². The number of aryl methyl sites for hydroxylation is 1. The highest BCUT2D eigenvalue weighted by Gasteiger charge is 2.38. The van der Waals surface area contributed by atoms with Crippen molar-refractivity contribution in [2.45, 2.75) is 26.2 Å². The molecule has 8 nitrogen and oxygen atoms in total. The summed E-state index contributed by atoms with van der Waals surface area (Å²) in [4.78, 5) is 49.4. The standard InChI is InChI=1S/C22H25N5O3/c1-15-3-5-18(6-4-15)27-14-17(13-19(27)28)21(30)26-11-7-16(8-12-26)20(29)25-22-23-9-2-10-24-22/h2-6,9-10,16-17H,7-8,11-14H2,1H3,(H,23,24,25,29). The fraction of sp³-hybridized carbons (Fsp3) is 0.409. The molecule has 2 aliphatic rings. The van der Waals surface area contributed by atoms with Gasteiger partial charge in [0.15, 0.2) is 0 Å². The Morgan fingerprint density at radius 2 is 1.70 bits per heavy atom. The average molecular weight is 407 g/mol. The molecule has 0 radical (unpaired) electrons. The van der Waals surface area contributed by atoms with Crippen LogP contribution in [0.4, 0.5) is 11.6 Å². The molecular formula is C22H25N5O3. The zero-order chi connectivity index (χ0) is 21.1. The molecule has 1 atom stereocenters. The van der Waals surface area contributed by atoms with Gasteiger partial charge in [-0.05, 0) is 38.0 Å². The maximum Gasteiger partial charge on any atom is 0.229 e. The first-order chi connectivity index (χ1) is 14.5. The molecule has 0 aliphatic carbocycles. The van der Waals surface area contributed by atoms with Gasteiger partial charge >= 0.3 is 0 Å². The summed E-state index contributed by atoms with van der Waals surface area (Å²) in [6, 6.07) is 9.46. The summed E-state index contributed by atoms with van der Waals surface area (Å²) in [5, 5.41) is 2.73. The first kappa shape index (κ1) is 20.0. The van der Waals surface area contributed by atoms with Gasteiger partial charge in [0.2, 0.25) is 23.7 Å². The van der Waals surface area contributed by atoms with Gasteiger partial charge in [-0.25, -0.2) is 9.97 Å². The van der Waals surface area contributed by atoms with Crippen LogP contribution in [-0.2, 0) is 14.4 Å². The van der Waals surface area contributed by atoms with Crippen LogP contribution in [0.3, 0.4) is 0 Å². The van der Waals surface area contributed by atoms with Crippen LogP contribution < -0.4 is 10.2 Å². The number of carbonyl (C=O) groups is 3. The Kier molecular flexibility index (Phi) is 5.74. The number of hydrogen-bond acceptors (Lipinski definition) is 5. The summed E-state index contributed by atoms with van der Waals surface area (Å²) < 4.78 is 0. The normalized spacial score (nSPS) is 19.8. The third-order valence-electron chi connectivity index (χ3n) is 5.80. The van der Waals surface area contributed by atoms with Crippen LogP contribution >= 0.6 is 0 Å². The van der Waals surface area contributed by atoms with Gasteiger partial charge in [-0.3, -0.25) is 19.7 Å². The van der Waals surface area contributed by atoms with Crippen molar-refractivity contribution in [3.05, 3.63) is 48.3 Å². The lowest BCUT2D eigenvalue weighted by atomic mass is 9.94. The first-order valence-corrected chi connectivity index (χ1v) is 10.2. The number of nitrogens with zero attached hydrogens (tertiary/aromatic N) is 4. The molecule has 0 spiro atoms. The third-order valence-corrected chi connectivity index (χ3v) is 5.80. The van der Waals surface area contributed by atoms with Gasteiger partial charge in [0.05, 0.1) is 5.92 Å². The van der Waals surface area contributed by atoms with E-state index in [9.17, 15) is 14.4 Å². The molecule has 0 bridgehead atoms. The van der Waals surface area contributed by atoms with E-state index in [1.165, 1.54) is 0 Å². The van der Waals surface area contributed by atoms with Crippen molar-refractivity contribution in [3.63, 3.8) is 0 Å². The van der Waals surface area contributed by atoms with Crippen LogP contribution in [-0.4, -0.2) is 52.2 Å². The summed E-state index contributed by atoms with van der Waals surface area (Å²) in [5.74, 6) is -0.344. The van der Waals surface area contributed by atoms with E-state index in [1.54, 1.807) is 28.3 Å². The second-order valence-corrected chi connectivity index (χ2v) is 7.90. The Hall–Kier alpha value is -3.29. The molecule has 0 saturated carbocycles. The van der Waals surface area contributed by atoms with E-state index >= 15 is 0 Å². The number of rotatable bonds is 4. The topological polar surface area (TPSA) is 95.5 Å². The highest BCUT2D eigenvalue weighted by Crippen LogP contribution is 2.28. The van der Waals surface area contributed by atoms with E-state index in [1.807, 2.05) is 31.2 Å². The Morgan fingerprint density at radius 1 is 1.03 bits per heavy atom. The quantitative estimate of drug-likeness (QED) is 0.837. The number of hydrogen-bond donors (Lipinski definition) is 1. The zero-order valence-corrected chi connectivity index (χ0v) is 17.0. The lowest BCUT2D eigenvalue weighted by Crippen LogP contribution is -2.44. The molecule has 8 heteroatoms. The molecule has 3 amide bonds. The largest absolute Gasteiger partial charge is 0.342 e. The summed E-state index contributed by atoms with van der Waals surface area (Å²) in [6.45, 7) is 3.44. The Labute approximate surface area is 175 Å². The summed E-state index contributed by atoms with van der Waals surface area (Å²) in [7, 11) is 0. The van der Waals surface area contributed by atoms with Crippen molar-refractivity contribution < 1.29 is 14.4 Å². The predicted octanol–water partition coefficient (Wildman–Crippen LogP) is 2.02. The molecule has 2 saturated heterocycles. The summed E-state index contributed by atoms with van der Waals surface area (Å²) in [5.41, 5.74) is 1.96. The van der Waals surface area contributed by atoms with Crippen LogP contribution in [0.2, 0.25) is 0 Å². The van der Waals surface area contributed by atoms with Crippen molar-refractivity contribution in [2.24, 2.45) is 11.8 Å².